The van der Waals surface area contributed by atoms with Crippen molar-refractivity contribution in [2.75, 3.05) is 12.9 Å². The van der Waals surface area contributed by atoms with Gasteiger partial charge in [-0.05, 0) is 25.0 Å². The molecule has 1 heterocycles. The topological polar surface area (TPSA) is 98.2 Å². The minimum atomic E-state index is -3.62. The Morgan fingerprint density at radius 2 is 2.11 bits per heavy atom. The maximum atomic E-state index is 13.2. The van der Waals surface area contributed by atoms with Gasteiger partial charge in [-0.15, -0.1) is 6.42 Å². The summed E-state index contributed by atoms with van der Waals surface area (Å²) in [6.45, 7) is -0.213. The summed E-state index contributed by atoms with van der Waals surface area (Å²) >= 11 is 6.41. The summed E-state index contributed by atoms with van der Waals surface area (Å²) in [4.78, 5) is 25.6. The van der Waals surface area contributed by atoms with Gasteiger partial charge in [0.15, 0.2) is 9.84 Å². The second kappa shape index (κ2) is 7.59. The van der Waals surface area contributed by atoms with Crippen molar-refractivity contribution in [3.05, 3.63) is 49.9 Å². The average Bonchev–Trinajstić information content (AvgIpc) is 3.41. The molecular formula is C19H19ClN2O5S. The van der Waals surface area contributed by atoms with Gasteiger partial charge < -0.3 is 4.74 Å². The van der Waals surface area contributed by atoms with E-state index in [9.17, 15) is 18.0 Å². The standard InChI is InChI=1S/C19H19ClN2O5S/c1-4-9-27-10-13-14(28(3,25)26)8-7-12(16(13)20)18(23)15-17(11-5-6-11)21-22(2)19(15)24/h1,7-8,11,21H,5-6,9-10H2,2-3H3. The number of aryl methyl sites for hydroxylation is 1. The highest BCUT2D eigenvalue weighted by atomic mass is 35.5. The van der Waals surface area contributed by atoms with Crippen molar-refractivity contribution < 1.29 is 17.9 Å². The smallest absolute Gasteiger partial charge is 0.277 e. The van der Waals surface area contributed by atoms with E-state index in [1.807, 2.05) is 0 Å². The normalized spacial score (nSPS) is 14.1. The van der Waals surface area contributed by atoms with Gasteiger partial charge in [0.05, 0.1) is 22.2 Å². The summed E-state index contributed by atoms with van der Waals surface area (Å²) in [6, 6.07) is 2.63. The fourth-order valence-electron chi connectivity index (χ4n) is 3.06. The third kappa shape index (κ3) is 3.78. The van der Waals surface area contributed by atoms with E-state index in [-0.39, 0.29) is 45.7 Å². The highest BCUT2D eigenvalue weighted by Gasteiger charge is 2.34. The number of nitrogens with one attached hydrogen (secondary N) is 1. The van der Waals surface area contributed by atoms with Crippen LogP contribution in [0, 0.1) is 12.3 Å². The lowest BCUT2D eigenvalue weighted by Crippen LogP contribution is -2.20. The first-order valence-corrected chi connectivity index (χ1v) is 10.8. The summed E-state index contributed by atoms with van der Waals surface area (Å²) in [5.74, 6) is 1.88. The summed E-state index contributed by atoms with van der Waals surface area (Å²) in [7, 11) is -2.08. The molecule has 148 valence electrons. The fraction of sp³-hybridized carbons (Fsp3) is 0.368. The van der Waals surface area contributed by atoms with Gasteiger partial charge in [0, 0.05) is 30.3 Å². The van der Waals surface area contributed by atoms with E-state index in [0.717, 1.165) is 19.1 Å². The number of ether oxygens (including phenoxy) is 1. The van der Waals surface area contributed by atoms with Crippen LogP contribution in [0.4, 0.5) is 0 Å². The number of sulfone groups is 1. The number of halogens is 1. The van der Waals surface area contributed by atoms with Crippen molar-refractivity contribution in [2.24, 2.45) is 7.05 Å². The molecule has 0 aliphatic heterocycles. The molecule has 1 saturated carbocycles. The van der Waals surface area contributed by atoms with E-state index in [4.69, 9.17) is 22.8 Å². The van der Waals surface area contributed by atoms with Crippen LogP contribution in [-0.2, 0) is 28.2 Å². The Bertz CT molecular complexity index is 1150. The van der Waals surface area contributed by atoms with E-state index in [1.54, 1.807) is 7.05 Å². The molecule has 1 aromatic heterocycles. The molecule has 0 amide bonds. The Morgan fingerprint density at radius 3 is 2.68 bits per heavy atom. The third-order valence-electron chi connectivity index (χ3n) is 4.56. The molecule has 3 rings (SSSR count). The van der Waals surface area contributed by atoms with Crippen molar-refractivity contribution in [2.45, 2.75) is 30.3 Å². The predicted molar refractivity (Wildman–Crippen MR) is 104 cm³/mol. The SMILES string of the molecule is C#CCOCc1c(S(C)(=O)=O)ccc(C(=O)c2c(C3CC3)[nH]n(C)c2=O)c1Cl. The lowest BCUT2D eigenvalue weighted by Gasteiger charge is -2.13. The molecule has 2 aromatic rings. The quantitative estimate of drug-likeness (QED) is 0.418. The first-order chi connectivity index (χ1) is 13.2. The second-order valence-corrected chi connectivity index (χ2v) is 9.10. The monoisotopic (exact) mass is 422 g/mol. The molecule has 0 saturated heterocycles. The molecule has 0 atom stereocenters. The number of H-pyrrole nitrogens is 1. The van der Waals surface area contributed by atoms with Crippen LogP contribution in [0.2, 0.25) is 5.02 Å². The lowest BCUT2D eigenvalue weighted by atomic mass is 10.00. The van der Waals surface area contributed by atoms with Crippen LogP contribution < -0.4 is 5.56 Å². The molecule has 1 N–H and O–H groups in total. The molecule has 0 spiro atoms. The summed E-state index contributed by atoms with van der Waals surface area (Å²) in [5, 5.41) is 2.87. The van der Waals surface area contributed by atoms with Crippen molar-refractivity contribution in [3.8, 4) is 12.3 Å². The van der Waals surface area contributed by atoms with E-state index < -0.39 is 21.2 Å². The molecule has 7 nitrogen and oxygen atoms in total. The number of carbonyl (C=O) groups excluding carboxylic acids is 1. The molecule has 1 fully saturated rings. The summed E-state index contributed by atoms with van der Waals surface area (Å²) < 4.78 is 30.7. The molecule has 1 aromatic carbocycles. The maximum absolute atomic E-state index is 13.2. The number of terminal acetylenes is 1. The van der Waals surface area contributed by atoms with E-state index in [2.05, 4.69) is 11.0 Å². The Hall–Kier alpha value is -2.34. The summed E-state index contributed by atoms with van der Waals surface area (Å²) in [5.41, 5.74) is 0.373. The molecule has 0 radical (unpaired) electrons. The largest absolute Gasteiger partial charge is 0.364 e. The van der Waals surface area contributed by atoms with Gasteiger partial charge in [0.2, 0.25) is 5.78 Å². The van der Waals surface area contributed by atoms with Crippen LogP contribution >= 0.6 is 11.6 Å². The maximum Gasteiger partial charge on any atom is 0.277 e. The number of hydrogen-bond donors (Lipinski definition) is 1. The van der Waals surface area contributed by atoms with Crippen molar-refractivity contribution in [3.63, 3.8) is 0 Å². The van der Waals surface area contributed by atoms with Gasteiger partial charge in [0.25, 0.3) is 5.56 Å². The number of hydrogen-bond acceptors (Lipinski definition) is 5. The minimum absolute atomic E-state index is 0.0366. The number of aromatic nitrogens is 2. The zero-order valence-corrected chi connectivity index (χ0v) is 17.0. The second-order valence-electron chi connectivity index (χ2n) is 6.74. The molecule has 0 unspecified atom stereocenters. The Kier molecular flexibility index (Phi) is 5.53. The molecule has 9 heteroatoms. The number of benzene rings is 1. The van der Waals surface area contributed by atoms with Crippen LogP contribution in [0.5, 0.6) is 0 Å². The zero-order chi connectivity index (χ0) is 20.6. The highest BCUT2D eigenvalue weighted by molar-refractivity contribution is 7.90. The lowest BCUT2D eigenvalue weighted by molar-refractivity contribution is 0.103. The zero-order valence-electron chi connectivity index (χ0n) is 15.4. The number of nitrogens with zero attached hydrogens (tertiary/aromatic N) is 1. The number of ketones is 1. The Labute approximate surface area is 167 Å². The van der Waals surface area contributed by atoms with Crippen molar-refractivity contribution in [1.29, 1.82) is 0 Å². The Morgan fingerprint density at radius 1 is 1.43 bits per heavy atom. The first kappa shape index (κ1) is 20.4. The van der Waals surface area contributed by atoms with E-state index in [0.29, 0.717) is 5.69 Å². The van der Waals surface area contributed by atoms with Crippen molar-refractivity contribution in [1.82, 2.24) is 9.78 Å². The number of rotatable bonds is 7. The van der Waals surface area contributed by atoms with Gasteiger partial charge in [0.1, 0.15) is 12.2 Å². The van der Waals surface area contributed by atoms with Crippen LogP contribution in [0.25, 0.3) is 0 Å². The van der Waals surface area contributed by atoms with Crippen LogP contribution in [0.1, 0.15) is 45.9 Å². The molecule has 1 aliphatic rings. The first-order valence-electron chi connectivity index (χ1n) is 8.53. The third-order valence-corrected chi connectivity index (χ3v) is 6.18. The molecular weight excluding hydrogens is 404 g/mol. The average molecular weight is 423 g/mol. The van der Waals surface area contributed by atoms with E-state index in [1.165, 1.54) is 16.8 Å². The Balaban J connectivity index is 2.13. The van der Waals surface area contributed by atoms with Gasteiger partial charge in [-0.2, -0.15) is 0 Å². The van der Waals surface area contributed by atoms with Gasteiger partial charge in [-0.25, -0.2) is 8.42 Å². The van der Waals surface area contributed by atoms with Crippen LogP contribution in [-0.4, -0.2) is 36.8 Å². The van der Waals surface area contributed by atoms with Crippen LogP contribution in [0.3, 0.4) is 0 Å². The number of carbonyl (C=O) groups is 1. The molecule has 28 heavy (non-hydrogen) atoms. The molecule has 0 bridgehead atoms. The minimum Gasteiger partial charge on any atom is -0.364 e. The summed E-state index contributed by atoms with van der Waals surface area (Å²) in [6.07, 6.45) is 7.99. The van der Waals surface area contributed by atoms with Crippen LogP contribution in [0.15, 0.2) is 21.8 Å². The van der Waals surface area contributed by atoms with E-state index >= 15 is 0 Å². The number of aromatic amines is 1. The fourth-order valence-corrected chi connectivity index (χ4v) is 4.35. The van der Waals surface area contributed by atoms with Gasteiger partial charge in [-0.1, -0.05) is 17.5 Å². The van der Waals surface area contributed by atoms with Gasteiger partial charge >= 0.3 is 0 Å². The van der Waals surface area contributed by atoms with Crippen molar-refractivity contribution >= 4 is 27.2 Å². The van der Waals surface area contributed by atoms with Gasteiger partial charge in [-0.3, -0.25) is 19.4 Å². The highest BCUT2D eigenvalue weighted by Crippen LogP contribution is 2.41. The predicted octanol–water partition coefficient (Wildman–Crippen LogP) is 2.03. The molecule has 1 aliphatic carbocycles.